The molecule has 0 unspecified atom stereocenters. The van der Waals surface area contributed by atoms with Crippen LogP contribution in [-0.2, 0) is 14.8 Å². The van der Waals surface area contributed by atoms with Gasteiger partial charge in [0, 0.05) is 37.7 Å². The van der Waals surface area contributed by atoms with E-state index in [9.17, 15) is 13.2 Å². The third-order valence-electron chi connectivity index (χ3n) is 4.37. The zero-order valence-electron chi connectivity index (χ0n) is 14.3. The Morgan fingerprint density at radius 2 is 1.69 bits per heavy atom. The minimum Gasteiger partial charge on any atom is -0.326 e. The second-order valence-corrected chi connectivity index (χ2v) is 8.15. The molecule has 0 bridgehead atoms. The zero-order valence-corrected chi connectivity index (χ0v) is 16.0. The Hall–Kier alpha value is -1.93. The minimum absolute atomic E-state index is 0. The standard InChI is InChI=1S/C18H21N3O3S.ClH/c1-13(22)20-15-7-9-16(10-8-15)25(23,24)21-11-17(18(19)12-21)14-5-3-2-4-6-14;/h2-10,17-18H,11-12,19H2,1H3,(H,20,22);1H/t17-,18+;/m0./s1. The van der Waals surface area contributed by atoms with Crippen LogP contribution in [0.15, 0.2) is 59.5 Å². The third kappa shape index (κ3) is 4.24. The van der Waals surface area contributed by atoms with Crippen LogP contribution in [0.4, 0.5) is 5.69 Å². The lowest BCUT2D eigenvalue weighted by molar-refractivity contribution is -0.114. The van der Waals surface area contributed by atoms with Gasteiger partial charge < -0.3 is 11.1 Å². The summed E-state index contributed by atoms with van der Waals surface area (Å²) < 4.78 is 27.2. The van der Waals surface area contributed by atoms with E-state index in [1.54, 1.807) is 12.1 Å². The molecule has 3 rings (SSSR count). The second-order valence-electron chi connectivity index (χ2n) is 6.21. The van der Waals surface area contributed by atoms with Crippen LogP contribution in [0.25, 0.3) is 0 Å². The Bertz CT molecular complexity index is 857. The molecular formula is C18H22ClN3O3S. The highest BCUT2D eigenvalue weighted by Gasteiger charge is 2.38. The van der Waals surface area contributed by atoms with E-state index in [-0.39, 0.29) is 41.7 Å². The molecule has 1 aliphatic rings. The number of sulfonamides is 1. The highest BCUT2D eigenvalue weighted by atomic mass is 35.5. The second kappa shape index (κ2) is 8.18. The Morgan fingerprint density at radius 3 is 2.27 bits per heavy atom. The lowest BCUT2D eigenvalue weighted by atomic mass is 9.95. The van der Waals surface area contributed by atoms with E-state index in [1.165, 1.54) is 23.4 Å². The molecule has 1 saturated heterocycles. The number of amides is 1. The van der Waals surface area contributed by atoms with Crippen LogP contribution in [0.5, 0.6) is 0 Å². The summed E-state index contributed by atoms with van der Waals surface area (Å²) in [5.41, 5.74) is 7.81. The van der Waals surface area contributed by atoms with Gasteiger partial charge in [-0.25, -0.2) is 8.42 Å². The van der Waals surface area contributed by atoms with Crippen LogP contribution in [0.3, 0.4) is 0 Å². The summed E-state index contributed by atoms with van der Waals surface area (Å²) in [6.45, 7) is 2.05. The van der Waals surface area contributed by atoms with Crippen molar-refractivity contribution in [2.24, 2.45) is 5.73 Å². The normalized spacial score (nSPS) is 20.4. The fourth-order valence-electron chi connectivity index (χ4n) is 3.10. The lowest BCUT2D eigenvalue weighted by Gasteiger charge is -2.17. The molecule has 3 N–H and O–H groups in total. The number of benzene rings is 2. The molecule has 0 spiro atoms. The average molecular weight is 396 g/mol. The molecule has 6 nitrogen and oxygen atoms in total. The van der Waals surface area contributed by atoms with Gasteiger partial charge in [-0.15, -0.1) is 12.4 Å². The van der Waals surface area contributed by atoms with Crippen LogP contribution < -0.4 is 11.1 Å². The summed E-state index contributed by atoms with van der Waals surface area (Å²) in [4.78, 5) is 11.3. The number of nitrogens with one attached hydrogen (secondary N) is 1. The fraction of sp³-hybridized carbons (Fsp3) is 0.278. The molecule has 1 aliphatic heterocycles. The van der Waals surface area contributed by atoms with Gasteiger partial charge in [-0.05, 0) is 29.8 Å². The molecule has 8 heteroatoms. The number of carbonyl (C=O) groups excluding carboxylic acids is 1. The predicted octanol–water partition coefficient (Wildman–Crippen LogP) is 2.18. The molecule has 26 heavy (non-hydrogen) atoms. The first-order chi connectivity index (χ1) is 11.9. The summed E-state index contributed by atoms with van der Waals surface area (Å²) >= 11 is 0. The van der Waals surface area contributed by atoms with Crippen molar-refractivity contribution in [3.63, 3.8) is 0 Å². The number of anilines is 1. The van der Waals surface area contributed by atoms with Gasteiger partial charge in [0.05, 0.1) is 4.90 Å². The van der Waals surface area contributed by atoms with Crippen molar-refractivity contribution in [2.45, 2.75) is 23.8 Å². The quantitative estimate of drug-likeness (QED) is 0.829. The molecule has 0 saturated carbocycles. The van der Waals surface area contributed by atoms with E-state index in [4.69, 9.17) is 5.73 Å². The summed E-state index contributed by atoms with van der Waals surface area (Å²) in [6, 6.07) is 15.7. The first-order valence-corrected chi connectivity index (χ1v) is 9.50. The zero-order chi connectivity index (χ0) is 18.0. The predicted molar refractivity (Wildman–Crippen MR) is 104 cm³/mol. The van der Waals surface area contributed by atoms with Crippen molar-refractivity contribution >= 4 is 34.0 Å². The minimum atomic E-state index is -3.62. The monoisotopic (exact) mass is 395 g/mol. The summed E-state index contributed by atoms with van der Waals surface area (Å²) in [5.74, 6) is -0.221. The van der Waals surface area contributed by atoms with Gasteiger partial charge in [0.2, 0.25) is 15.9 Å². The Kier molecular flexibility index (Phi) is 6.41. The number of hydrogen-bond donors (Lipinski definition) is 2. The number of halogens is 1. The maximum absolute atomic E-state index is 12.9. The molecular weight excluding hydrogens is 374 g/mol. The molecule has 2 aromatic rings. The van der Waals surface area contributed by atoms with Crippen molar-refractivity contribution in [3.05, 3.63) is 60.2 Å². The smallest absolute Gasteiger partial charge is 0.243 e. The molecule has 1 heterocycles. The van der Waals surface area contributed by atoms with Crippen LogP contribution in [0, 0.1) is 0 Å². The van der Waals surface area contributed by atoms with Crippen molar-refractivity contribution in [3.8, 4) is 0 Å². The molecule has 2 aromatic carbocycles. The van der Waals surface area contributed by atoms with E-state index in [1.807, 2.05) is 30.3 Å². The van der Waals surface area contributed by atoms with Gasteiger partial charge >= 0.3 is 0 Å². The Labute approximate surface area is 159 Å². The molecule has 140 valence electrons. The van der Waals surface area contributed by atoms with Gasteiger partial charge in [-0.2, -0.15) is 4.31 Å². The summed E-state index contributed by atoms with van der Waals surface area (Å²) in [7, 11) is -3.62. The van der Waals surface area contributed by atoms with Crippen LogP contribution in [0.1, 0.15) is 18.4 Å². The lowest BCUT2D eigenvalue weighted by Crippen LogP contribution is -2.32. The average Bonchev–Trinajstić information content (AvgIpc) is 2.98. The third-order valence-corrected chi connectivity index (χ3v) is 6.22. The van der Waals surface area contributed by atoms with Crippen LogP contribution in [0.2, 0.25) is 0 Å². The van der Waals surface area contributed by atoms with Gasteiger partial charge in [-0.3, -0.25) is 4.79 Å². The van der Waals surface area contributed by atoms with Crippen LogP contribution >= 0.6 is 12.4 Å². The first-order valence-electron chi connectivity index (χ1n) is 8.06. The number of hydrogen-bond acceptors (Lipinski definition) is 4. The van der Waals surface area contributed by atoms with Crippen molar-refractivity contribution in [1.29, 1.82) is 0 Å². The molecule has 1 amide bonds. The molecule has 0 aromatic heterocycles. The number of nitrogens with two attached hydrogens (primary N) is 1. The maximum Gasteiger partial charge on any atom is 0.243 e. The first kappa shape index (κ1) is 20.4. The van der Waals surface area contributed by atoms with Gasteiger partial charge in [0.25, 0.3) is 0 Å². The van der Waals surface area contributed by atoms with Crippen molar-refractivity contribution in [1.82, 2.24) is 4.31 Å². The van der Waals surface area contributed by atoms with Crippen molar-refractivity contribution in [2.75, 3.05) is 18.4 Å². The molecule has 0 aliphatic carbocycles. The summed E-state index contributed by atoms with van der Waals surface area (Å²) in [5, 5.41) is 2.62. The largest absolute Gasteiger partial charge is 0.326 e. The Balaban J connectivity index is 0.00000243. The van der Waals surface area contributed by atoms with E-state index in [0.717, 1.165) is 5.56 Å². The highest BCUT2D eigenvalue weighted by Crippen LogP contribution is 2.30. The highest BCUT2D eigenvalue weighted by molar-refractivity contribution is 7.89. The number of rotatable bonds is 4. The van der Waals surface area contributed by atoms with E-state index < -0.39 is 10.0 Å². The SMILES string of the molecule is CC(=O)Nc1ccc(S(=O)(=O)N2C[C@@H](N)[C@H](c3ccccc3)C2)cc1.Cl. The van der Waals surface area contributed by atoms with Gasteiger partial charge in [0.1, 0.15) is 0 Å². The number of carbonyl (C=O) groups is 1. The molecule has 1 fully saturated rings. The number of nitrogens with zero attached hydrogens (tertiary/aromatic N) is 1. The van der Waals surface area contributed by atoms with Gasteiger partial charge in [0.15, 0.2) is 0 Å². The van der Waals surface area contributed by atoms with E-state index in [0.29, 0.717) is 12.2 Å². The van der Waals surface area contributed by atoms with Crippen LogP contribution in [-0.4, -0.2) is 37.8 Å². The van der Waals surface area contributed by atoms with Crippen molar-refractivity contribution < 1.29 is 13.2 Å². The molecule has 2 atom stereocenters. The summed E-state index contributed by atoms with van der Waals surface area (Å²) in [6.07, 6.45) is 0. The van der Waals surface area contributed by atoms with E-state index in [2.05, 4.69) is 5.32 Å². The Morgan fingerprint density at radius 1 is 1.08 bits per heavy atom. The topological polar surface area (TPSA) is 92.5 Å². The fourth-order valence-corrected chi connectivity index (χ4v) is 4.61. The van der Waals surface area contributed by atoms with Gasteiger partial charge in [-0.1, -0.05) is 30.3 Å². The molecule has 0 radical (unpaired) electrons. The maximum atomic E-state index is 12.9. The van der Waals surface area contributed by atoms with E-state index >= 15 is 0 Å².